The van der Waals surface area contributed by atoms with Gasteiger partial charge in [0.2, 0.25) is 0 Å². The Morgan fingerprint density at radius 2 is 1.63 bits per heavy atom. The second-order valence-electron chi connectivity index (χ2n) is 4.00. The van der Waals surface area contributed by atoms with Gasteiger partial charge in [0.1, 0.15) is 0 Å². The van der Waals surface area contributed by atoms with Gasteiger partial charge in [0.05, 0.1) is 0 Å². The molecule has 0 aromatic heterocycles. The number of benzene rings is 1. The fourth-order valence-corrected chi connectivity index (χ4v) is 1.80. The molecule has 0 amide bonds. The van der Waals surface area contributed by atoms with Crippen molar-refractivity contribution in [2.24, 2.45) is 0 Å². The molecule has 0 bridgehead atoms. The third-order valence-electron chi connectivity index (χ3n) is 2.64. The molecular weight excluding hydrogens is 340 g/mol. The van der Waals surface area contributed by atoms with Gasteiger partial charge in [0.15, 0.2) is 0 Å². The summed E-state index contributed by atoms with van der Waals surface area (Å²) in [7, 11) is 14.9. The summed E-state index contributed by atoms with van der Waals surface area (Å²) in [5.41, 5.74) is 1.31. The predicted octanol–water partition coefficient (Wildman–Crippen LogP) is 3.36. The van der Waals surface area contributed by atoms with Gasteiger partial charge >= 0.3 is 42.6 Å². The minimum absolute atomic E-state index is 0.311. The summed E-state index contributed by atoms with van der Waals surface area (Å²) >= 11 is -1.92. The van der Waals surface area contributed by atoms with Crippen LogP contribution in [-0.4, -0.2) is 32.7 Å². The van der Waals surface area contributed by atoms with Crippen molar-refractivity contribution >= 4 is 27.9 Å². The zero-order chi connectivity index (χ0) is 13.9. The van der Waals surface area contributed by atoms with Crippen LogP contribution in [0.15, 0.2) is 30.3 Å². The molecule has 0 radical (unpaired) electrons. The minimum Gasteiger partial charge on any atom is -0.654 e. The Bertz CT molecular complexity index is 315. The number of rotatable bonds is 1. The van der Waals surface area contributed by atoms with Gasteiger partial charge in [0, 0.05) is 13.1 Å². The molecule has 1 unspecified atom stereocenters. The van der Waals surface area contributed by atoms with E-state index in [0.29, 0.717) is 6.04 Å². The van der Waals surface area contributed by atoms with Gasteiger partial charge in [-0.05, 0) is 13.1 Å². The topological polar surface area (TPSA) is 38.2 Å². The van der Waals surface area contributed by atoms with Crippen LogP contribution < -0.4 is 10.6 Å². The zero-order valence-electron chi connectivity index (χ0n) is 10.6. The molecular formula is C12H18Cl3N3Ti. The molecule has 19 heavy (non-hydrogen) atoms. The Kier molecular flexibility index (Phi) is 10.6. The molecule has 7 heteroatoms. The van der Waals surface area contributed by atoms with Crippen molar-refractivity contribution in [1.82, 2.24) is 10.6 Å². The first kappa shape index (κ1) is 17.7. The molecule has 1 fully saturated rings. The monoisotopic (exact) mass is 357 g/mol. The molecule has 1 aliphatic rings. The standard InChI is InChI=1S/C12H18N3.3ClH.Ti/c1-2-4-11(5-3-1)12-10-14-7-6-13-8-9-15-12;;;;/h1-5,12-14H,6-10H2;3*1H;/q-1;;;;+4/p-3. The van der Waals surface area contributed by atoms with Crippen molar-refractivity contribution in [2.45, 2.75) is 6.04 Å². The zero-order valence-corrected chi connectivity index (χ0v) is 14.4. The van der Waals surface area contributed by atoms with Crippen molar-refractivity contribution in [3.8, 4) is 0 Å². The number of nitrogens with zero attached hydrogens (tertiary/aromatic N) is 1. The van der Waals surface area contributed by atoms with Crippen LogP contribution >= 0.6 is 27.9 Å². The van der Waals surface area contributed by atoms with Gasteiger partial charge in [-0.1, -0.05) is 41.9 Å². The van der Waals surface area contributed by atoms with Crippen molar-refractivity contribution in [3.05, 3.63) is 41.2 Å². The van der Waals surface area contributed by atoms with Crippen LogP contribution in [0.1, 0.15) is 11.6 Å². The summed E-state index contributed by atoms with van der Waals surface area (Å²) < 4.78 is 0. The maximum absolute atomic E-state index is 4.97. The summed E-state index contributed by atoms with van der Waals surface area (Å²) in [5, 5.41) is 11.5. The van der Waals surface area contributed by atoms with Gasteiger partial charge in [-0.15, -0.1) is 6.54 Å². The molecule has 1 saturated heterocycles. The number of halogens is 3. The van der Waals surface area contributed by atoms with E-state index in [4.69, 9.17) is 27.9 Å². The van der Waals surface area contributed by atoms with Crippen molar-refractivity contribution in [3.63, 3.8) is 0 Å². The van der Waals surface area contributed by atoms with Gasteiger partial charge in [-0.3, -0.25) is 0 Å². The van der Waals surface area contributed by atoms with E-state index in [1.807, 2.05) is 6.07 Å². The fraction of sp³-hybridized carbons (Fsp3) is 0.500. The summed E-state index contributed by atoms with van der Waals surface area (Å²) in [5.74, 6) is 0. The van der Waals surface area contributed by atoms with E-state index in [0.717, 1.165) is 32.7 Å². The quantitative estimate of drug-likeness (QED) is 0.756. The average molecular weight is 359 g/mol. The molecule has 1 aliphatic heterocycles. The molecule has 0 aliphatic carbocycles. The number of nitrogens with one attached hydrogen (secondary N) is 2. The van der Waals surface area contributed by atoms with E-state index < -0.39 is 14.7 Å². The van der Waals surface area contributed by atoms with Crippen LogP contribution in [0, 0.1) is 0 Å². The summed E-state index contributed by atoms with van der Waals surface area (Å²) in [6.45, 7) is 4.91. The van der Waals surface area contributed by atoms with Crippen LogP contribution in [0.25, 0.3) is 5.32 Å². The third-order valence-corrected chi connectivity index (χ3v) is 2.64. The third kappa shape index (κ3) is 9.27. The molecule has 1 atom stereocenters. The molecule has 2 rings (SSSR count). The Balaban J connectivity index is 0.000000399. The molecule has 2 N–H and O–H groups in total. The largest absolute Gasteiger partial charge is 0.654 e. The smallest absolute Gasteiger partial charge is 0.00762 e. The van der Waals surface area contributed by atoms with E-state index in [1.54, 1.807) is 0 Å². The first-order valence-electron chi connectivity index (χ1n) is 6.16. The fourth-order valence-electron chi connectivity index (χ4n) is 1.80. The molecule has 0 saturated carbocycles. The SMILES string of the molecule is [Cl][Ti+]([Cl])[Cl].c1ccc(C2CNCCNCC[N-]2)cc1. The van der Waals surface area contributed by atoms with E-state index in [2.05, 4.69) is 40.2 Å². The molecule has 0 spiro atoms. The minimum atomic E-state index is -1.92. The van der Waals surface area contributed by atoms with E-state index in [-0.39, 0.29) is 0 Å². The van der Waals surface area contributed by atoms with Gasteiger partial charge in [-0.2, -0.15) is 0 Å². The van der Waals surface area contributed by atoms with Gasteiger partial charge in [0.25, 0.3) is 0 Å². The Morgan fingerprint density at radius 1 is 1.00 bits per heavy atom. The van der Waals surface area contributed by atoms with Crippen LogP contribution in [-0.2, 0) is 14.7 Å². The van der Waals surface area contributed by atoms with Crippen molar-refractivity contribution in [1.29, 1.82) is 0 Å². The Labute approximate surface area is 132 Å². The van der Waals surface area contributed by atoms with Crippen LogP contribution in [0.4, 0.5) is 0 Å². The maximum Gasteiger partial charge on any atom is 0.00762 e. The first-order valence-corrected chi connectivity index (χ1v) is 12.6. The van der Waals surface area contributed by atoms with Crippen molar-refractivity contribution < 1.29 is 14.7 Å². The first-order chi connectivity index (χ1) is 9.20. The number of hydrogen-bond acceptors (Lipinski definition) is 2. The summed E-state index contributed by atoms with van der Waals surface area (Å²) in [4.78, 5) is 0. The Morgan fingerprint density at radius 3 is 2.32 bits per heavy atom. The molecule has 106 valence electrons. The van der Waals surface area contributed by atoms with Crippen LogP contribution in [0.2, 0.25) is 0 Å². The van der Waals surface area contributed by atoms with Crippen molar-refractivity contribution in [2.75, 3.05) is 32.7 Å². The van der Waals surface area contributed by atoms with Crippen LogP contribution in [0.5, 0.6) is 0 Å². The Hall–Kier alpha value is 0.684. The average Bonchev–Trinajstić information content (AvgIpc) is 2.52. The second-order valence-corrected chi connectivity index (χ2v) is 11.7. The normalized spacial score (nSPS) is 20.3. The van der Waals surface area contributed by atoms with Gasteiger partial charge < -0.3 is 16.0 Å². The van der Waals surface area contributed by atoms with E-state index in [9.17, 15) is 0 Å². The summed E-state index contributed by atoms with van der Waals surface area (Å²) in [6, 6.07) is 10.8. The van der Waals surface area contributed by atoms with E-state index >= 15 is 0 Å². The van der Waals surface area contributed by atoms with Crippen LogP contribution in [0.3, 0.4) is 0 Å². The predicted molar refractivity (Wildman–Crippen MR) is 80.7 cm³/mol. The second kappa shape index (κ2) is 11.4. The van der Waals surface area contributed by atoms with E-state index in [1.165, 1.54) is 5.56 Å². The van der Waals surface area contributed by atoms with Gasteiger partial charge in [-0.25, -0.2) is 0 Å². The summed E-state index contributed by atoms with van der Waals surface area (Å²) in [6.07, 6.45) is 0. The maximum atomic E-state index is 4.97. The molecule has 1 aromatic rings. The molecule has 3 nitrogen and oxygen atoms in total. The number of hydrogen-bond donors (Lipinski definition) is 2. The molecule has 1 heterocycles. The molecule has 1 aromatic carbocycles.